The number of hydrogen-bond acceptors (Lipinski definition) is 4. The van der Waals surface area contributed by atoms with E-state index in [4.69, 9.17) is 4.74 Å². The first kappa shape index (κ1) is 14.4. The second-order valence-corrected chi connectivity index (χ2v) is 4.17. The van der Waals surface area contributed by atoms with E-state index in [0.717, 1.165) is 6.42 Å². The molecule has 0 saturated heterocycles. The van der Waals surface area contributed by atoms with E-state index < -0.39 is 6.10 Å². The topological polar surface area (TPSA) is 58.6 Å². The minimum absolute atomic E-state index is 0.269. The molecule has 0 saturated carbocycles. The Morgan fingerprint density at radius 1 is 1.40 bits per heavy atom. The molecule has 0 spiro atoms. The van der Waals surface area contributed by atoms with Gasteiger partial charge in [0.25, 0.3) is 0 Å². The molecule has 0 heterocycles. The first-order valence-electron chi connectivity index (χ1n) is 5.55. The molecule has 4 nitrogen and oxygen atoms in total. The molecule has 0 bridgehead atoms. The maximum atomic E-state index is 11.2. The Balaban J connectivity index is 3.69. The summed E-state index contributed by atoms with van der Waals surface area (Å²) in [5.74, 6) is 0.189. The van der Waals surface area contributed by atoms with Crippen LogP contribution in [0.2, 0.25) is 0 Å². The van der Waals surface area contributed by atoms with Crippen molar-refractivity contribution < 1.29 is 14.6 Å². The predicted octanol–water partition coefficient (Wildman–Crippen LogP) is 0.935. The van der Waals surface area contributed by atoms with Crippen LogP contribution in [0.5, 0.6) is 0 Å². The fourth-order valence-corrected chi connectivity index (χ4v) is 1.29. The molecule has 0 aromatic heterocycles. The van der Waals surface area contributed by atoms with E-state index in [9.17, 15) is 9.90 Å². The van der Waals surface area contributed by atoms with Gasteiger partial charge in [-0.15, -0.1) is 0 Å². The largest absolute Gasteiger partial charge is 0.465 e. The Bertz CT molecular complexity index is 183. The smallest absolute Gasteiger partial charge is 0.322 e. The second kappa shape index (κ2) is 7.65. The van der Waals surface area contributed by atoms with Gasteiger partial charge in [0.2, 0.25) is 0 Å². The highest BCUT2D eigenvalue weighted by molar-refractivity contribution is 5.75. The van der Waals surface area contributed by atoms with Gasteiger partial charge in [-0.05, 0) is 26.2 Å². The van der Waals surface area contributed by atoms with Crippen molar-refractivity contribution in [1.29, 1.82) is 0 Å². The van der Waals surface area contributed by atoms with Gasteiger partial charge in [0.15, 0.2) is 0 Å². The Labute approximate surface area is 92.0 Å². The van der Waals surface area contributed by atoms with Crippen LogP contribution >= 0.6 is 0 Å². The second-order valence-electron chi connectivity index (χ2n) is 4.17. The summed E-state index contributed by atoms with van der Waals surface area (Å²) in [6.45, 7) is 8.44. The molecular formula is C11H23NO3. The zero-order valence-corrected chi connectivity index (χ0v) is 10.1. The highest BCUT2D eigenvalue weighted by Gasteiger charge is 2.15. The summed E-state index contributed by atoms with van der Waals surface area (Å²) in [6.07, 6.45) is 0.338. The van der Waals surface area contributed by atoms with E-state index in [1.807, 2.05) is 0 Å². The van der Waals surface area contributed by atoms with E-state index in [-0.39, 0.29) is 12.0 Å². The van der Waals surface area contributed by atoms with E-state index >= 15 is 0 Å². The average molecular weight is 217 g/mol. The van der Waals surface area contributed by atoms with Crippen LogP contribution in [-0.2, 0) is 9.53 Å². The van der Waals surface area contributed by atoms with E-state index in [0.29, 0.717) is 19.1 Å². The third kappa shape index (κ3) is 7.33. The van der Waals surface area contributed by atoms with Gasteiger partial charge in [-0.3, -0.25) is 4.79 Å². The van der Waals surface area contributed by atoms with Crippen molar-refractivity contribution in [2.45, 2.75) is 46.3 Å². The number of carbonyl (C=O) groups is 1. The molecule has 0 aliphatic rings. The van der Waals surface area contributed by atoms with Crippen molar-refractivity contribution in [1.82, 2.24) is 5.32 Å². The summed E-state index contributed by atoms with van der Waals surface area (Å²) < 4.78 is 4.83. The molecule has 2 atom stereocenters. The van der Waals surface area contributed by atoms with Crippen LogP contribution in [0, 0.1) is 5.92 Å². The standard InChI is InChI=1S/C11H23NO3/c1-5-15-11(14)9(4)12-7-10(13)6-8(2)3/h8-10,12-13H,5-7H2,1-4H3. The van der Waals surface area contributed by atoms with E-state index in [1.54, 1.807) is 13.8 Å². The Hall–Kier alpha value is -0.610. The molecule has 0 aromatic carbocycles. The molecule has 0 radical (unpaired) electrons. The van der Waals surface area contributed by atoms with Crippen LogP contribution in [0.15, 0.2) is 0 Å². The Morgan fingerprint density at radius 2 is 2.00 bits per heavy atom. The highest BCUT2D eigenvalue weighted by atomic mass is 16.5. The highest BCUT2D eigenvalue weighted by Crippen LogP contribution is 2.03. The van der Waals surface area contributed by atoms with Gasteiger partial charge in [-0.25, -0.2) is 0 Å². The summed E-state index contributed by atoms with van der Waals surface area (Å²) in [5.41, 5.74) is 0. The fraction of sp³-hybridized carbons (Fsp3) is 0.909. The zero-order chi connectivity index (χ0) is 11.8. The summed E-state index contributed by atoms with van der Waals surface area (Å²) in [5, 5.41) is 12.5. The zero-order valence-electron chi connectivity index (χ0n) is 10.1. The molecule has 0 rings (SSSR count). The van der Waals surface area contributed by atoms with Crippen molar-refractivity contribution in [3.8, 4) is 0 Å². The van der Waals surface area contributed by atoms with Crippen molar-refractivity contribution in [3.05, 3.63) is 0 Å². The summed E-state index contributed by atoms with van der Waals surface area (Å²) in [6, 6.07) is -0.355. The molecule has 2 unspecified atom stereocenters. The molecule has 0 fully saturated rings. The van der Waals surface area contributed by atoms with Crippen LogP contribution in [-0.4, -0.2) is 36.4 Å². The molecule has 0 amide bonds. The maximum Gasteiger partial charge on any atom is 0.322 e. The van der Waals surface area contributed by atoms with E-state index in [2.05, 4.69) is 19.2 Å². The lowest BCUT2D eigenvalue weighted by Crippen LogP contribution is -2.40. The number of rotatable bonds is 7. The van der Waals surface area contributed by atoms with Gasteiger partial charge in [0.1, 0.15) is 6.04 Å². The summed E-state index contributed by atoms with van der Waals surface area (Å²) >= 11 is 0. The Kier molecular flexibility index (Phi) is 7.34. The minimum Gasteiger partial charge on any atom is -0.465 e. The predicted molar refractivity (Wildman–Crippen MR) is 59.6 cm³/mol. The van der Waals surface area contributed by atoms with Crippen molar-refractivity contribution in [2.24, 2.45) is 5.92 Å². The first-order chi connectivity index (χ1) is 6.97. The quantitative estimate of drug-likeness (QED) is 0.623. The minimum atomic E-state index is -0.401. The Morgan fingerprint density at radius 3 is 2.47 bits per heavy atom. The first-order valence-corrected chi connectivity index (χ1v) is 5.55. The number of aliphatic hydroxyl groups is 1. The number of aliphatic hydroxyl groups excluding tert-OH is 1. The molecule has 0 aliphatic heterocycles. The molecule has 15 heavy (non-hydrogen) atoms. The molecular weight excluding hydrogens is 194 g/mol. The molecule has 90 valence electrons. The maximum absolute atomic E-state index is 11.2. The third-order valence-corrected chi connectivity index (χ3v) is 2.04. The van der Waals surface area contributed by atoms with E-state index in [1.165, 1.54) is 0 Å². The molecule has 0 aromatic rings. The van der Waals surface area contributed by atoms with Crippen LogP contribution in [0.3, 0.4) is 0 Å². The van der Waals surface area contributed by atoms with Crippen molar-refractivity contribution in [3.63, 3.8) is 0 Å². The number of esters is 1. The molecule has 0 aliphatic carbocycles. The van der Waals surface area contributed by atoms with Crippen molar-refractivity contribution in [2.75, 3.05) is 13.2 Å². The van der Waals surface area contributed by atoms with Gasteiger partial charge >= 0.3 is 5.97 Å². The lowest BCUT2D eigenvalue weighted by atomic mass is 10.1. The van der Waals surface area contributed by atoms with Crippen LogP contribution in [0.4, 0.5) is 0 Å². The van der Waals surface area contributed by atoms with Crippen LogP contribution in [0.25, 0.3) is 0 Å². The lowest BCUT2D eigenvalue weighted by Gasteiger charge is -2.17. The fourth-order valence-electron chi connectivity index (χ4n) is 1.29. The van der Waals surface area contributed by atoms with Crippen LogP contribution < -0.4 is 5.32 Å². The lowest BCUT2D eigenvalue weighted by molar-refractivity contribution is -0.145. The number of ether oxygens (including phenoxy) is 1. The van der Waals surface area contributed by atoms with Gasteiger partial charge in [0, 0.05) is 6.54 Å². The summed E-state index contributed by atoms with van der Waals surface area (Å²) in [7, 11) is 0. The van der Waals surface area contributed by atoms with Crippen molar-refractivity contribution >= 4 is 5.97 Å². The molecule has 4 heteroatoms. The van der Waals surface area contributed by atoms with Gasteiger partial charge in [-0.1, -0.05) is 13.8 Å². The van der Waals surface area contributed by atoms with Gasteiger partial charge in [-0.2, -0.15) is 0 Å². The monoisotopic (exact) mass is 217 g/mol. The van der Waals surface area contributed by atoms with Gasteiger partial charge in [0.05, 0.1) is 12.7 Å². The summed E-state index contributed by atoms with van der Waals surface area (Å²) in [4.78, 5) is 11.2. The number of hydrogen-bond donors (Lipinski definition) is 2. The van der Waals surface area contributed by atoms with Gasteiger partial charge < -0.3 is 15.2 Å². The van der Waals surface area contributed by atoms with Crippen LogP contribution in [0.1, 0.15) is 34.1 Å². The number of nitrogens with one attached hydrogen (secondary N) is 1. The molecule has 2 N–H and O–H groups in total. The third-order valence-electron chi connectivity index (χ3n) is 2.04. The number of carbonyl (C=O) groups excluding carboxylic acids is 1. The SMILES string of the molecule is CCOC(=O)C(C)NCC(O)CC(C)C. The normalized spacial score (nSPS) is 15.1. The average Bonchev–Trinajstić information content (AvgIpc) is 2.13.